The third-order valence-corrected chi connectivity index (χ3v) is 5.09. The van der Waals surface area contributed by atoms with Crippen molar-refractivity contribution in [3.8, 4) is 0 Å². The normalized spacial score (nSPS) is 14.9. The van der Waals surface area contributed by atoms with Crippen LogP contribution in [0.25, 0.3) is 0 Å². The topological polar surface area (TPSA) is 70.5 Å². The number of nitrogens with zero attached hydrogens (tertiary/aromatic N) is 4. The first-order chi connectivity index (χ1) is 13.6. The SMILES string of the molecule is CCNC(=O)CN1CCN(C(=O)c2cnn(Cc3ccccc3)c2CC)CC1. The molecule has 1 aliphatic heterocycles. The molecule has 2 heterocycles. The second-order valence-corrected chi connectivity index (χ2v) is 7.02. The van der Waals surface area contributed by atoms with Gasteiger partial charge in [-0.3, -0.25) is 19.2 Å². The van der Waals surface area contributed by atoms with Crippen LogP contribution in [0.5, 0.6) is 0 Å². The maximum absolute atomic E-state index is 13.1. The largest absolute Gasteiger partial charge is 0.355 e. The Bertz CT molecular complexity index is 794. The summed E-state index contributed by atoms with van der Waals surface area (Å²) in [7, 11) is 0. The fourth-order valence-corrected chi connectivity index (χ4v) is 3.59. The number of amides is 2. The van der Waals surface area contributed by atoms with Crippen LogP contribution in [0.4, 0.5) is 0 Å². The van der Waals surface area contributed by atoms with Gasteiger partial charge in [-0.15, -0.1) is 0 Å². The third kappa shape index (κ3) is 4.78. The molecule has 0 aliphatic carbocycles. The average Bonchev–Trinajstić information content (AvgIpc) is 3.11. The summed E-state index contributed by atoms with van der Waals surface area (Å²) in [5.41, 5.74) is 2.83. The van der Waals surface area contributed by atoms with E-state index in [1.807, 2.05) is 34.7 Å². The van der Waals surface area contributed by atoms with Crippen LogP contribution < -0.4 is 5.32 Å². The van der Waals surface area contributed by atoms with Gasteiger partial charge < -0.3 is 10.2 Å². The van der Waals surface area contributed by atoms with Gasteiger partial charge in [-0.25, -0.2) is 0 Å². The molecule has 0 atom stereocenters. The highest BCUT2D eigenvalue weighted by Crippen LogP contribution is 2.16. The second kappa shape index (κ2) is 9.50. The first-order valence-corrected chi connectivity index (χ1v) is 9.99. The summed E-state index contributed by atoms with van der Waals surface area (Å²) in [6.45, 7) is 8.35. The number of benzene rings is 1. The molecule has 7 nitrogen and oxygen atoms in total. The van der Waals surface area contributed by atoms with Gasteiger partial charge in [0.25, 0.3) is 5.91 Å². The van der Waals surface area contributed by atoms with E-state index in [9.17, 15) is 9.59 Å². The van der Waals surface area contributed by atoms with E-state index in [1.165, 1.54) is 5.56 Å². The molecule has 0 spiro atoms. The molecule has 2 amide bonds. The summed E-state index contributed by atoms with van der Waals surface area (Å²) in [6, 6.07) is 10.1. The van der Waals surface area contributed by atoms with E-state index in [1.54, 1.807) is 6.20 Å². The van der Waals surface area contributed by atoms with Crippen molar-refractivity contribution in [2.75, 3.05) is 39.3 Å². The van der Waals surface area contributed by atoms with Crippen molar-refractivity contribution in [3.63, 3.8) is 0 Å². The minimum Gasteiger partial charge on any atom is -0.355 e. The van der Waals surface area contributed by atoms with Crippen molar-refractivity contribution in [2.24, 2.45) is 0 Å². The molecule has 1 aromatic heterocycles. The number of nitrogens with one attached hydrogen (secondary N) is 1. The van der Waals surface area contributed by atoms with Crippen LogP contribution in [0.15, 0.2) is 36.5 Å². The van der Waals surface area contributed by atoms with Crippen LogP contribution >= 0.6 is 0 Å². The molecular weight excluding hydrogens is 354 g/mol. The third-order valence-electron chi connectivity index (χ3n) is 5.09. The van der Waals surface area contributed by atoms with E-state index in [4.69, 9.17) is 0 Å². The smallest absolute Gasteiger partial charge is 0.257 e. The van der Waals surface area contributed by atoms with Gasteiger partial charge in [0.15, 0.2) is 0 Å². The molecule has 28 heavy (non-hydrogen) atoms. The first-order valence-electron chi connectivity index (χ1n) is 9.99. The molecule has 1 aliphatic rings. The minimum atomic E-state index is 0.0359. The number of carbonyl (C=O) groups excluding carboxylic acids is 2. The zero-order valence-corrected chi connectivity index (χ0v) is 16.7. The molecule has 1 fully saturated rings. The Balaban J connectivity index is 1.63. The van der Waals surface area contributed by atoms with Gasteiger partial charge in [0.05, 0.1) is 30.5 Å². The van der Waals surface area contributed by atoms with Crippen LogP contribution in [0.3, 0.4) is 0 Å². The quantitative estimate of drug-likeness (QED) is 0.784. The molecule has 150 valence electrons. The van der Waals surface area contributed by atoms with Crippen LogP contribution in [-0.2, 0) is 17.8 Å². The predicted molar refractivity (Wildman–Crippen MR) is 108 cm³/mol. The number of likely N-dealkylation sites (N-methyl/N-ethyl adjacent to an activating group) is 1. The zero-order valence-electron chi connectivity index (χ0n) is 16.7. The summed E-state index contributed by atoms with van der Waals surface area (Å²) < 4.78 is 1.92. The molecule has 0 saturated carbocycles. The van der Waals surface area contributed by atoms with Crippen molar-refractivity contribution < 1.29 is 9.59 Å². The van der Waals surface area contributed by atoms with Gasteiger partial charge >= 0.3 is 0 Å². The summed E-state index contributed by atoms with van der Waals surface area (Å²) in [4.78, 5) is 28.8. The lowest BCUT2D eigenvalue weighted by molar-refractivity contribution is -0.122. The van der Waals surface area contributed by atoms with Crippen LogP contribution in [-0.4, -0.2) is 70.7 Å². The van der Waals surface area contributed by atoms with E-state index in [0.717, 1.165) is 12.1 Å². The molecule has 1 aromatic carbocycles. The van der Waals surface area contributed by atoms with Gasteiger partial charge in [0, 0.05) is 32.7 Å². The zero-order chi connectivity index (χ0) is 19.9. The monoisotopic (exact) mass is 383 g/mol. The Morgan fingerprint density at radius 2 is 1.79 bits per heavy atom. The Hall–Kier alpha value is -2.67. The highest BCUT2D eigenvalue weighted by Gasteiger charge is 2.26. The van der Waals surface area contributed by atoms with Gasteiger partial charge in [-0.05, 0) is 18.9 Å². The molecule has 1 N–H and O–H groups in total. The van der Waals surface area contributed by atoms with E-state index in [-0.39, 0.29) is 11.8 Å². The molecule has 0 bridgehead atoms. The Morgan fingerprint density at radius 3 is 2.43 bits per heavy atom. The fraction of sp³-hybridized carbons (Fsp3) is 0.476. The highest BCUT2D eigenvalue weighted by atomic mass is 16.2. The van der Waals surface area contributed by atoms with Crippen molar-refractivity contribution in [1.29, 1.82) is 0 Å². The van der Waals surface area contributed by atoms with E-state index in [2.05, 4.69) is 34.4 Å². The summed E-state index contributed by atoms with van der Waals surface area (Å²) in [6.07, 6.45) is 2.45. The van der Waals surface area contributed by atoms with Crippen molar-refractivity contribution in [3.05, 3.63) is 53.3 Å². The van der Waals surface area contributed by atoms with Crippen LogP contribution in [0.2, 0.25) is 0 Å². The lowest BCUT2D eigenvalue weighted by Gasteiger charge is -2.34. The number of hydrogen-bond acceptors (Lipinski definition) is 4. The van der Waals surface area contributed by atoms with Crippen molar-refractivity contribution >= 4 is 11.8 Å². The van der Waals surface area contributed by atoms with Gasteiger partial charge in [-0.1, -0.05) is 37.3 Å². The molecular formula is C21H29N5O2. The molecule has 0 unspecified atom stereocenters. The van der Waals surface area contributed by atoms with Crippen molar-refractivity contribution in [1.82, 2.24) is 24.9 Å². The Morgan fingerprint density at radius 1 is 1.07 bits per heavy atom. The minimum absolute atomic E-state index is 0.0359. The van der Waals surface area contributed by atoms with E-state index < -0.39 is 0 Å². The van der Waals surface area contributed by atoms with Gasteiger partial charge in [-0.2, -0.15) is 5.10 Å². The number of piperazine rings is 1. The Labute approximate surface area is 166 Å². The van der Waals surface area contributed by atoms with E-state index >= 15 is 0 Å². The van der Waals surface area contributed by atoms with Crippen LogP contribution in [0.1, 0.15) is 35.5 Å². The number of hydrogen-bond donors (Lipinski definition) is 1. The second-order valence-electron chi connectivity index (χ2n) is 7.02. The number of carbonyl (C=O) groups is 2. The fourth-order valence-electron chi connectivity index (χ4n) is 3.59. The predicted octanol–water partition coefficient (Wildman–Crippen LogP) is 1.39. The molecule has 0 radical (unpaired) electrons. The first kappa shape index (κ1) is 20.1. The highest BCUT2D eigenvalue weighted by molar-refractivity contribution is 5.95. The van der Waals surface area contributed by atoms with Crippen LogP contribution in [0, 0.1) is 0 Å². The maximum Gasteiger partial charge on any atom is 0.257 e. The standard InChI is InChI=1S/C21H29N5O2/c1-3-19-18(14-23-26(19)15-17-8-6-5-7-9-17)21(28)25-12-10-24(11-13-25)16-20(27)22-4-2/h5-9,14H,3-4,10-13,15-16H2,1-2H3,(H,22,27). The number of aromatic nitrogens is 2. The Kier molecular flexibility index (Phi) is 6.81. The molecule has 7 heteroatoms. The lowest BCUT2D eigenvalue weighted by Crippen LogP contribution is -2.51. The summed E-state index contributed by atoms with van der Waals surface area (Å²) >= 11 is 0. The average molecular weight is 383 g/mol. The van der Waals surface area contributed by atoms with Crippen molar-refractivity contribution in [2.45, 2.75) is 26.8 Å². The summed E-state index contributed by atoms with van der Waals surface area (Å²) in [5, 5.41) is 7.30. The summed E-state index contributed by atoms with van der Waals surface area (Å²) in [5.74, 6) is 0.0755. The number of rotatable bonds is 7. The van der Waals surface area contributed by atoms with E-state index in [0.29, 0.717) is 51.4 Å². The lowest BCUT2D eigenvalue weighted by atomic mass is 10.1. The van der Waals surface area contributed by atoms with Gasteiger partial charge in [0.1, 0.15) is 0 Å². The molecule has 3 rings (SSSR count). The van der Waals surface area contributed by atoms with Gasteiger partial charge in [0.2, 0.25) is 5.91 Å². The molecule has 2 aromatic rings. The maximum atomic E-state index is 13.1. The molecule has 1 saturated heterocycles.